The van der Waals surface area contributed by atoms with Crippen LogP contribution in [0.15, 0.2) is 18.6 Å². The number of nitrogens with one attached hydrogen (secondary N) is 1. The lowest BCUT2D eigenvalue weighted by Crippen LogP contribution is -2.34. The second kappa shape index (κ2) is 5.87. The van der Waals surface area contributed by atoms with Crippen LogP contribution in [0.1, 0.15) is 36.0 Å². The van der Waals surface area contributed by atoms with E-state index in [1.165, 1.54) is 12.4 Å². The molecule has 0 atom stereocenters. The first-order valence-corrected chi connectivity index (χ1v) is 7.07. The molecular formula is C14H13F3N6. The molecule has 6 nitrogen and oxygen atoms in total. The molecule has 23 heavy (non-hydrogen) atoms. The molecule has 2 aromatic rings. The van der Waals surface area contributed by atoms with E-state index in [1.54, 1.807) is 0 Å². The highest BCUT2D eigenvalue weighted by Crippen LogP contribution is 2.32. The number of hydrogen-bond acceptors (Lipinski definition) is 5. The number of aromatic nitrogens is 4. The summed E-state index contributed by atoms with van der Waals surface area (Å²) in [6, 6.07) is 2.00. The van der Waals surface area contributed by atoms with Gasteiger partial charge in [-0.1, -0.05) is 0 Å². The van der Waals surface area contributed by atoms with Crippen molar-refractivity contribution in [3.8, 4) is 6.07 Å². The summed E-state index contributed by atoms with van der Waals surface area (Å²) in [5.41, 5.74) is -0.570. The highest BCUT2D eigenvalue weighted by atomic mass is 19.4. The molecule has 9 heteroatoms. The Kier molecular flexibility index (Phi) is 3.90. The molecule has 1 saturated heterocycles. The maximum atomic E-state index is 12.6. The summed E-state index contributed by atoms with van der Waals surface area (Å²) in [4.78, 5) is 16.3. The van der Waals surface area contributed by atoms with Gasteiger partial charge in [-0.25, -0.2) is 15.0 Å². The summed E-state index contributed by atoms with van der Waals surface area (Å²) < 4.78 is 37.8. The maximum Gasteiger partial charge on any atom is 0.432 e. The van der Waals surface area contributed by atoms with Gasteiger partial charge in [-0.05, 0) is 12.8 Å². The minimum Gasteiger partial charge on any atom is -0.354 e. The van der Waals surface area contributed by atoms with Crippen LogP contribution in [0.3, 0.4) is 0 Å². The van der Waals surface area contributed by atoms with Crippen LogP contribution in [0.25, 0.3) is 0 Å². The normalized spacial score (nSPS) is 16.3. The second-order valence-corrected chi connectivity index (χ2v) is 5.28. The van der Waals surface area contributed by atoms with Crippen LogP contribution in [0, 0.1) is 11.3 Å². The third-order valence-electron chi connectivity index (χ3n) is 3.87. The summed E-state index contributed by atoms with van der Waals surface area (Å²) in [7, 11) is 0. The zero-order valence-corrected chi connectivity index (χ0v) is 12.0. The van der Waals surface area contributed by atoms with Crippen molar-refractivity contribution in [2.24, 2.45) is 0 Å². The Labute approximate surface area is 130 Å². The lowest BCUT2D eigenvalue weighted by Gasteiger charge is -2.32. The van der Waals surface area contributed by atoms with Crippen LogP contribution in [0.5, 0.6) is 0 Å². The van der Waals surface area contributed by atoms with Crippen LogP contribution >= 0.6 is 0 Å². The molecule has 0 bridgehead atoms. The van der Waals surface area contributed by atoms with Crippen molar-refractivity contribution in [3.63, 3.8) is 0 Å². The fourth-order valence-corrected chi connectivity index (χ4v) is 2.69. The molecule has 0 amide bonds. The van der Waals surface area contributed by atoms with Crippen LogP contribution in [-0.4, -0.2) is 33.0 Å². The highest BCUT2D eigenvalue weighted by molar-refractivity contribution is 5.49. The fraction of sp³-hybridized carbons (Fsp3) is 0.429. The Hall–Kier alpha value is -2.63. The fourth-order valence-electron chi connectivity index (χ4n) is 2.69. The standard InChI is InChI=1S/C14H13F3N6/c15-14(16,17)11-8-21-12(22-11)9-1-5-23(6-2-9)13-10(7-18)19-3-4-20-13/h3-4,8-9H,1-2,5-6H2,(H,21,22). The average molecular weight is 322 g/mol. The highest BCUT2D eigenvalue weighted by Gasteiger charge is 2.34. The number of imidazole rings is 1. The van der Waals surface area contributed by atoms with E-state index < -0.39 is 11.9 Å². The number of rotatable bonds is 2. The summed E-state index contributed by atoms with van der Waals surface area (Å²) in [5.74, 6) is 0.810. The number of piperidine rings is 1. The molecular weight excluding hydrogens is 309 g/mol. The van der Waals surface area contributed by atoms with E-state index in [4.69, 9.17) is 5.26 Å². The lowest BCUT2D eigenvalue weighted by atomic mass is 9.96. The van der Waals surface area contributed by atoms with E-state index in [-0.39, 0.29) is 11.6 Å². The molecule has 2 aromatic heterocycles. The monoisotopic (exact) mass is 322 g/mol. The SMILES string of the molecule is N#Cc1nccnc1N1CCC(c2ncc(C(F)(F)F)[nH]2)CC1. The summed E-state index contributed by atoms with van der Waals surface area (Å²) in [6.45, 7) is 1.17. The van der Waals surface area contributed by atoms with Crippen molar-refractivity contribution in [1.82, 2.24) is 19.9 Å². The predicted molar refractivity (Wildman–Crippen MR) is 74.5 cm³/mol. The van der Waals surface area contributed by atoms with E-state index in [2.05, 4.69) is 19.9 Å². The van der Waals surface area contributed by atoms with Crippen LogP contribution in [-0.2, 0) is 6.18 Å². The topological polar surface area (TPSA) is 81.5 Å². The lowest BCUT2D eigenvalue weighted by molar-refractivity contribution is -0.141. The predicted octanol–water partition coefficient (Wildman–Crippen LogP) is 2.47. The largest absolute Gasteiger partial charge is 0.432 e. The van der Waals surface area contributed by atoms with E-state index in [1.807, 2.05) is 11.0 Å². The average Bonchev–Trinajstić information content (AvgIpc) is 3.05. The van der Waals surface area contributed by atoms with Gasteiger partial charge in [0, 0.05) is 31.4 Å². The molecule has 1 N–H and O–H groups in total. The molecule has 0 radical (unpaired) electrons. The first kappa shape index (κ1) is 15.3. The van der Waals surface area contributed by atoms with Crippen molar-refractivity contribution < 1.29 is 13.2 Å². The summed E-state index contributed by atoms with van der Waals surface area (Å²) >= 11 is 0. The molecule has 3 heterocycles. The molecule has 0 unspecified atom stereocenters. The van der Waals surface area contributed by atoms with Crippen molar-refractivity contribution in [2.45, 2.75) is 24.9 Å². The Balaban J connectivity index is 1.69. The Morgan fingerprint density at radius 1 is 1.17 bits per heavy atom. The van der Waals surface area contributed by atoms with Gasteiger partial charge < -0.3 is 9.88 Å². The number of anilines is 1. The zero-order chi connectivity index (χ0) is 16.4. The van der Waals surface area contributed by atoms with Gasteiger partial charge in [-0.3, -0.25) is 0 Å². The van der Waals surface area contributed by atoms with Gasteiger partial charge in [0.05, 0.1) is 6.20 Å². The third kappa shape index (κ3) is 3.11. The molecule has 120 valence electrons. The van der Waals surface area contributed by atoms with Gasteiger partial charge in [0.2, 0.25) is 0 Å². The van der Waals surface area contributed by atoms with Crippen LogP contribution in [0.4, 0.5) is 19.0 Å². The first-order valence-electron chi connectivity index (χ1n) is 7.07. The Morgan fingerprint density at radius 3 is 2.48 bits per heavy atom. The van der Waals surface area contributed by atoms with E-state index in [0.29, 0.717) is 37.6 Å². The second-order valence-electron chi connectivity index (χ2n) is 5.28. The van der Waals surface area contributed by atoms with E-state index in [0.717, 1.165) is 6.20 Å². The van der Waals surface area contributed by atoms with Gasteiger partial charge in [-0.15, -0.1) is 0 Å². The van der Waals surface area contributed by atoms with Crippen molar-refractivity contribution in [1.29, 1.82) is 5.26 Å². The Bertz CT molecular complexity index is 725. The minimum absolute atomic E-state index is 0.0652. The van der Waals surface area contributed by atoms with E-state index in [9.17, 15) is 13.2 Å². The third-order valence-corrected chi connectivity index (χ3v) is 3.87. The summed E-state index contributed by atoms with van der Waals surface area (Å²) in [6.07, 6.45) is 0.657. The number of alkyl halides is 3. The van der Waals surface area contributed by atoms with Gasteiger partial charge in [-0.2, -0.15) is 18.4 Å². The van der Waals surface area contributed by atoms with Crippen molar-refractivity contribution in [2.75, 3.05) is 18.0 Å². The van der Waals surface area contributed by atoms with Crippen LogP contribution < -0.4 is 4.90 Å². The molecule has 0 aromatic carbocycles. The first-order chi connectivity index (χ1) is 11.0. The number of halogens is 3. The quantitative estimate of drug-likeness (QED) is 0.918. The number of nitriles is 1. The molecule has 0 spiro atoms. The minimum atomic E-state index is -4.41. The van der Waals surface area contributed by atoms with Gasteiger partial charge in [0.15, 0.2) is 11.5 Å². The van der Waals surface area contributed by atoms with Crippen molar-refractivity contribution >= 4 is 5.82 Å². The smallest absolute Gasteiger partial charge is 0.354 e. The molecule has 0 saturated carbocycles. The Morgan fingerprint density at radius 2 is 1.87 bits per heavy atom. The van der Waals surface area contributed by atoms with E-state index >= 15 is 0 Å². The number of hydrogen-bond donors (Lipinski definition) is 1. The van der Waals surface area contributed by atoms with Gasteiger partial charge in [0.25, 0.3) is 0 Å². The van der Waals surface area contributed by atoms with Crippen molar-refractivity contribution in [3.05, 3.63) is 35.8 Å². The molecule has 3 rings (SSSR count). The molecule has 1 aliphatic heterocycles. The molecule has 1 aliphatic rings. The molecule has 0 aliphatic carbocycles. The summed E-state index contributed by atoms with van der Waals surface area (Å²) in [5, 5.41) is 9.06. The van der Waals surface area contributed by atoms with Gasteiger partial charge in [0.1, 0.15) is 17.6 Å². The zero-order valence-electron chi connectivity index (χ0n) is 12.0. The maximum absolute atomic E-state index is 12.6. The molecule has 1 fully saturated rings. The number of aromatic amines is 1. The number of H-pyrrole nitrogens is 1. The number of nitrogens with zero attached hydrogens (tertiary/aromatic N) is 5. The van der Waals surface area contributed by atoms with Crippen LogP contribution in [0.2, 0.25) is 0 Å². The van der Waals surface area contributed by atoms with Gasteiger partial charge >= 0.3 is 6.18 Å².